The lowest BCUT2D eigenvalue weighted by molar-refractivity contribution is 0.556. The molecule has 0 N–H and O–H groups in total. The van der Waals surface area contributed by atoms with E-state index in [9.17, 15) is 0 Å². The zero-order valence-corrected chi connectivity index (χ0v) is 13.3. The maximum absolute atomic E-state index is 2.34. The number of aryl methyl sites for hydroxylation is 2. The van der Waals surface area contributed by atoms with Gasteiger partial charge in [-0.05, 0) is 42.7 Å². The minimum Gasteiger partial charge on any atom is -0.0654 e. The minimum atomic E-state index is 0.836. The summed E-state index contributed by atoms with van der Waals surface area (Å²) in [4.78, 5) is 0. The van der Waals surface area contributed by atoms with E-state index in [0.717, 1.165) is 5.92 Å². The number of benzene rings is 1. The van der Waals surface area contributed by atoms with Crippen LogP contribution >= 0.6 is 0 Å². The third-order valence-electron chi connectivity index (χ3n) is 3.84. The molecule has 1 rings (SSSR count). The molecule has 0 aromatic heterocycles. The van der Waals surface area contributed by atoms with E-state index in [4.69, 9.17) is 0 Å². The zero-order valence-electron chi connectivity index (χ0n) is 13.3. The monoisotopic (exact) mass is 260 g/mol. The van der Waals surface area contributed by atoms with Crippen molar-refractivity contribution in [2.75, 3.05) is 0 Å². The van der Waals surface area contributed by atoms with Crippen LogP contribution in [0, 0.1) is 5.92 Å². The summed E-state index contributed by atoms with van der Waals surface area (Å²) >= 11 is 0. The summed E-state index contributed by atoms with van der Waals surface area (Å²) in [6.45, 7) is 6.89. The highest BCUT2D eigenvalue weighted by Gasteiger charge is 1.98. The Hall–Kier alpha value is -0.780. The third kappa shape index (κ3) is 8.08. The Balaban J connectivity index is 2.19. The first-order chi connectivity index (χ1) is 9.22. The van der Waals surface area contributed by atoms with Crippen molar-refractivity contribution in [1.82, 2.24) is 0 Å². The first-order valence-corrected chi connectivity index (χ1v) is 8.30. The Morgan fingerprint density at radius 3 is 1.79 bits per heavy atom. The maximum atomic E-state index is 2.34. The largest absolute Gasteiger partial charge is 0.0654 e. The van der Waals surface area contributed by atoms with Gasteiger partial charge in [0.2, 0.25) is 0 Å². The van der Waals surface area contributed by atoms with Crippen LogP contribution in [0.1, 0.15) is 76.8 Å². The Labute approximate surface area is 120 Å². The molecule has 1 aromatic carbocycles. The van der Waals surface area contributed by atoms with Gasteiger partial charge in [-0.2, -0.15) is 0 Å². The Morgan fingerprint density at radius 2 is 1.26 bits per heavy atom. The van der Waals surface area contributed by atoms with Gasteiger partial charge >= 0.3 is 0 Å². The van der Waals surface area contributed by atoms with Crippen LogP contribution in [-0.2, 0) is 12.8 Å². The van der Waals surface area contributed by atoms with E-state index in [1.54, 1.807) is 0 Å². The molecule has 0 aliphatic rings. The van der Waals surface area contributed by atoms with Crippen molar-refractivity contribution in [3.8, 4) is 0 Å². The number of unbranched alkanes of at least 4 members (excludes halogenated alkanes) is 4. The predicted octanol–water partition coefficient (Wildman–Crippen LogP) is 6.18. The summed E-state index contributed by atoms with van der Waals surface area (Å²) in [5.41, 5.74) is 3.03. The van der Waals surface area contributed by atoms with Crippen LogP contribution in [0.25, 0.3) is 0 Å². The van der Waals surface area contributed by atoms with Crippen LogP contribution in [0.5, 0.6) is 0 Å². The molecule has 0 aliphatic heterocycles. The average Bonchev–Trinajstić information content (AvgIpc) is 2.40. The lowest BCUT2D eigenvalue weighted by atomic mass is 10.00. The van der Waals surface area contributed by atoms with Gasteiger partial charge in [0.05, 0.1) is 0 Å². The SMILES string of the molecule is CCCCCCCc1ccc(CCCC(C)C)cc1. The van der Waals surface area contributed by atoms with Crippen LogP contribution < -0.4 is 0 Å². The fourth-order valence-electron chi connectivity index (χ4n) is 2.52. The van der Waals surface area contributed by atoms with Crippen molar-refractivity contribution < 1.29 is 0 Å². The standard InChI is InChI=1S/C19H32/c1-4-5-6-7-8-11-18-13-15-19(16-14-18)12-9-10-17(2)3/h13-17H,4-12H2,1-3H3. The van der Waals surface area contributed by atoms with Gasteiger partial charge in [-0.25, -0.2) is 0 Å². The summed E-state index contributed by atoms with van der Waals surface area (Å²) in [6, 6.07) is 9.35. The molecule has 0 heterocycles. The molecule has 0 bridgehead atoms. The van der Waals surface area contributed by atoms with E-state index in [1.165, 1.54) is 68.9 Å². The van der Waals surface area contributed by atoms with E-state index < -0.39 is 0 Å². The van der Waals surface area contributed by atoms with E-state index in [2.05, 4.69) is 45.0 Å². The van der Waals surface area contributed by atoms with Crippen molar-refractivity contribution in [2.24, 2.45) is 5.92 Å². The second-order valence-corrected chi connectivity index (χ2v) is 6.27. The van der Waals surface area contributed by atoms with Crippen LogP contribution in [0.2, 0.25) is 0 Å². The number of rotatable bonds is 10. The van der Waals surface area contributed by atoms with Crippen LogP contribution in [0.15, 0.2) is 24.3 Å². The first-order valence-electron chi connectivity index (χ1n) is 8.30. The molecule has 0 saturated carbocycles. The van der Waals surface area contributed by atoms with Crippen molar-refractivity contribution in [3.05, 3.63) is 35.4 Å². The van der Waals surface area contributed by atoms with Crippen LogP contribution in [0.4, 0.5) is 0 Å². The van der Waals surface area contributed by atoms with Gasteiger partial charge in [-0.1, -0.05) is 77.1 Å². The van der Waals surface area contributed by atoms with Crippen molar-refractivity contribution in [1.29, 1.82) is 0 Å². The molecule has 0 heteroatoms. The molecule has 0 spiro atoms. The zero-order chi connectivity index (χ0) is 13.9. The Kier molecular flexibility index (Phi) is 8.62. The second-order valence-electron chi connectivity index (χ2n) is 6.27. The van der Waals surface area contributed by atoms with Gasteiger partial charge in [-0.15, -0.1) is 0 Å². The predicted molar refractivity (Wildman–Crippen MR) is 86.7 cm³/mol. The first kappa shape index (κ1) is 16.3. The Bertz CT molecular complexity index is 307. The summed E-state index contributed by atoms with van der Waals surface area (Å²) in [5.74, 6) is 0.836. The van der Waals surface area contributed by atoms with Crippen LogP contribution in [-0.4, -0.2) is 0 Å². The fraction of sp³-hybridized carbons (Fsp3) is 0.684. The highest BCUT2D eigenvalue weighted by Crippen LogP contribution is 2.13. The molecule has 0 fully saturated rings. The summed E-state index contributed by atoms with van der Waals surface area (Å²) in [7, 11) is 0. The summed E-state index contributed by atoms with van der Waals surface area (Å²) < 4.78 is 0. The Morgan fingerprint density at radius 1 is 0.737 bits per heavy atom. The lowest BCUT2D eigenvalue weighted by Crippen LogP contribution is -1.92. The maximum Gasteiger partial charge on any atom is -0.0279 e. The molecule has 0 radical (unpaired) electrons. The molecule has 108 valence electrons. The number of hydrogen-bond donors (Lipinski definition) is 0. The van der Waals surface area contributed by atoms with E-state index >= 15 is 0 Å². The van der Waals surface area contributed by atoms with Gasteiger partial charge in [0.25, 0.3) is 0 Å². The number of hydrogen-bond acceptors (Lipinski definition) is 0. The van der Waals surface area contributed by atoms with Gasteiger partial charge < -0.3 is 0 Å². The third-order valence-corrected chi connectivity index (χ3v) is 3.84. The molecule has 0 aliphatic carbocycles. The molecule has 1 aromatic rings. The summed E-state index contributed by atoms with van der Waals surface area (Å²) in [5, 5.41) is 0. The van der Waals surface area contributed by atoms with Gasteiger partial charge in [0, 0.05) is 0 Å². The molecule has 0 saturated heterocycles. The molecule has 0 amide bonds. The van der Waals surface area contributed by atoms with Gasteiger partial charge in [0.1, 0.15) is 0 Å². The molecular formula is C19H32. The van der Waals surface area contributed by atoms with E-state index in [-0.39, 0.29) is 0 Å². The van der Waals surface area contributed by atoms with E-state index in [1.807, 2.05) is 0 Å². The average molecular weight is 260 g/mol. The van der Waals surface area contributed by atoms with Gasteiger partial charge in [0.15, 0.2) is 0 Å². The van der Waals surface area contributed by atoms with Crippen molar-refractivity contribution >= 4 is 0 Å². The molecular weight excluding hydrogens is 228 g/mol. The lowest BCUT2D eigenvalue weighted by Gasteiger charge is -2.06. The second kappa shape index (κ2) is 10.1. The van der Waals surface area contributed by atoms with E-state index in [0.29, 0.717) is 0 Å². The fourth-order valence-corrected chi connectivity index (χ4v) is 2.52. The highest BCUT2D eigenvalue weighted by molar-refractivity contribution is 5.22. The molecule has 0 unspecified atom stereocenters. The topological polar surface area (TPSA) is 0 Å². The molecule has 0 nitrogen and oxygen atoms in total. The van der Waals surface area contributed by atoms with Crippen molar-refractivity contribution in [2.45, 2.75) is 78.6 Å². The quantitative estimate of drug-likeness (QED) is 0.441. The van der Waals surface area contributed by atoms with Crippen LogP contribution in [0.3, 0.4) is 0 Å². The summed E-state index contributed by atoms with van der Waals surface area (Å²) in [6.07, 6.45) is 12.1. The normalized spacial score (nSPS) is 11.2. The van der Waals surface area contributed by atoms with Gasteiger partial charge in [-0.3, -0.25) is 0 Å². The highest BCUT2D eigenvalue weighted by atomic mass is 14.0. The minimum absolute atomic E-state index is 0.836. The molecule has 0 atom stereocenters. The smallest absolute Gasteiger partial charge is 0.0279 e. The van der Waals surface area contributed by atoms with Crippen molar-refractivity contribution in [3.63, 3.8) is 0 Å². The molecule has 19 heavy (non-hydrogen) atoms.